The van der Waals surface area contributed by atoms with E-state index >= 15 is 0 Å². The molecule has 3 heteroatoms. The van der Waals surface area contributed by atoms with Crippen LogP contribution in [0.4, 0.5) is 11.4 Å². The molecule has 0 saturated carbocycles. The third kappa shape index (κ3) is 2.47. The number of nitrogen functional groups attached to an aromatic ring is 1. The van der Waals surface area contributed by atoms with E-state index in [0.717, 1.165) is 28.7 Å². The number of hydrogen-bond donors (Lipinski definition) is 2. The highest BCUT2D eigenvalue weighted by molar-refractivity contribution is 9.10. The predicted octanol–water partition coefficient (Wildman–Crippen LogP) is 4.44. The normalized spacial score (nSPS) is 17.3. The van der Waals surface area contributed by atoms with E-state index in [1.165, 1.54) is 16.7 Å². The van der Waals surface area contributed by atoms with Crippen LogP contribution in [0.1, 0.15) is 29.2 Å². The van der Waals surface area contributed by atoms with Crippen LogP contribution in [0.5, 0.6) is 0 Å². The molecular formula is C16H17BrN2. The zero-order valence-electron chi connectivity index (χ0n) is 10.9. The number of nitrogens with two attached hydrogens (primary N) is 1. The van der Waals surface area contributed by atoms with Crippen molar-refractivity contribution in [3.63, 3.8) is 0 Å². The molecule has 0 heterocycles. The number of halogens is 1. The van der Waals surface area contributed by atoms with Crippen molar-refractivity contribution in [2.75, 3.05) is 11.1 Å². The molecule has 98 valence electrons. The van der Waals surface area contributed by atoms with E-state index in [9.17, 15) is 0 Å². The molecule has 0 spiro atoms. The smallest absolute Gasteiger partial charge is 0.0519 e. The van der Waals surface area contributed by atoms with Gasteiger partial charge in [-0.05, 0) is 60.7 Å². The van der Waals surface area contributed by atoms with Gasteiger partial charge in [0.05, 0.1) is 6.04 Å². The van der Waals surface area contributed by atoms with Crippen molar-refractivity contribution in [1.82, 2.24) is 0 Å². The minimum Gasteiger partial charge on any atom is -0.399 e. The first-order valence-electron chi connectivity index (χ1n) is 6.54. The van der Waals surface area contributed by atoms with E-state index in [4.69, 9.17) is 5.73 Å². The van der Waals surface area contributed by atoms with Gasteiger partial charge in [-0.15, -0.1) is 0 Å². The molecule has 1 unspecified atom stereocenters. The van der Waals surface area contributed by atoms with E-state index < -0.39 is 0 Å². The van der Waals surface area contributed by atoms with E-state index in [2.05, 4.69) is 58.5 Å². The van der Waals surface area contributed by atoms with Crippen LogP contribution in [0.3, 0.4) is 0 Å². The van der Waals surface area contributed by atoms with E-state index in [-0.39, 0.29) is 0 Å². The monoisotopic (exact) mass is 316 g/mol. The highest BCUT2D eigenvalue weighted by Crippen LogP contribution is 2.35. The molecular weight excluding hydrogens is 300 g/mol. The summed E-state index contributed by atoms with van der Waals surface area (Å²) in [6.07, 6.45) is 2.23. The summed E-state index contributed by atoms with van der Waals surface area (Å²) in [4.78, 5) is 0. The molecule has 0 fully saturated rings. The first kappa shape index (κ1) is 12.5. The van der Waals surface area contributed by atoms with Gasteiger partial charge < -0.3 is 11.1 Å². The van der Waals surface area contributed by atoms with Crippen molar-refractivity contribution in [3.05, 3.63) is 57.6 Å². The zero-order chi connectivity index (χ0) is 13.4. The molecule has 2 aromatic carbocycles. The molecule has 3 N–H and O–H groups in total. The molecule has 3 rings (SSSR count). The molecule has 2 aromatic rings. The van der Waals surface area contributed by atoms with Crippen molar-refractivity contribution < 1.29 is 0 Å². The summed E-state index contributed by atoms with van der Waals surface area (Å²) >= 11 is 3.58. The summed E-state index contributed by atoms with van der Waals surface area (Å²) in [6.45, 7) is 2.10. The van der Waals surface area contributed by atoms with Crippen LogP contribution in [-0.2, 0) is 6.42 Å². The number of rotatable bonds is 2. The van der Waals surface area contributed by atoms with Gasteiger partial charge in [-0.2, -0.15) is 0 Å². The van der Waals surface area contributed by atoms with Crippen LogP contribution in [0, 0.1) is 6.92 Å². The van der Waals surface area contributed by atoms with Crippen LogP contribution in [0.25, 0.3) is 0 Å². The van der Waals surface area contributed by atoms with Crippen molar-refractivity contribution in [3.8, 4) is 0 Å². The zero-order valence-corrected chi connectivity index (χ0v) is 12.5. The number of hydrogen-bond acceptors (Lipinski definition) is 2. The average Bonchev–Trinajstić information content (AvgIpc) is 2.76. The Morgan fingerprint density at radius 3 is 2.84 bits per heavy atom. The number of benzene rings is 2. The number of aryl methyl sites for hydroxylation is 2. The molecule has 2 nitrogen and oxygen atoms in total. The minimum absolute atomic E-state index is 0.394. The molecule has 0 bridgehead atoms. The Balaban J connectivity index is 1.84. The van der Waals surface area contributed by atoms with Gasteiger partial charge in [0.1, 0.15) is 0 Å². The largest absolute Gasteiger partial charge is 0.399 e. The second-order valence-corrected chi connectivity index (χ2v) is 6.01. The van der Waals surface area contributed by atoms with Crippen molar-refractivity contribution in [2.45, 2.75) is 25.8 Å². The fourth-order valence-corrected chi connectivity index (χ4v) is 3.05. The van der Waals surface area contributed by atoms with Crippen LogP contribution < -0.4 is 11.1 Å². The second kappa shape index (κ2) is 4.89. The summed E-state index contributed by atoms with van der Waals surface area (Å²) in [5.41, 5.74) is 11.9. The molecule has 0 aliphatic heterocycles. The standard InChI is InChI=1S/C16H17BrN2/c1-10-2-5-13(9-15(10)17)19-16-7-3-11-8-12(18)4-6-14(11)16/h2,4-6,8-9,16,19H,3,7,18H2,1H3. The second-order valence-electron chi connectivity index (χ2n) is 5.16. The maximum absolute atomic E-state index is 5.84. The van der Waals surface area contributed by atoms with Crippen molar-refractivity contribution in [2.24, 2.45) is 0 Å². The highest BCUT2D eigenvalue weighted by atomic mass is 79.9. The van der Waals surface area contributed by atoms with Crippen LogP contribution in [-0.4, -0.2) is 0 Å². The summed E-state index contributed by atoms with van der Waals surface area (Å²) in [5, 5.41) is 3.61. The van der Waals surface area contributed by atoms with Gasteiger partial charge >= 0.3 is 0 Å². The fraction of sp³-hybridized carbons (Fsp3) is 0.250. The first-order valence-corrected chi connectivity index (χ1v) is 7.34. The number of anilines is 2. The van der Waals surface area contributed by atoms with Gasteiger partial charge in [0, 0.05) is 15.8 Å². The predicted molar refractivity (Wildman–Crippen MR) is 84.4 cm³/mol. The van der Waals surface area contributed by atoms with E-state index in [0.29, 0.717) is 6.04 Å². The molecule has 1 atom stereocenters. The summed E-state index contributed by atoms with van der Waals surface area (Å²) < 4.78 is 1.15. The van der Waals surface area contributed by atoms with E-state index in [1.54, 1.807) is 0 Å². The van der Waals surface area contributed by atoms with Crippen LogP contribution in [0.15, 0.2) is 40.9 Å². The third-order valence-corrected chi connectivity index (χ3v) is 4.61. The Bertz CT molecular complexity index is 622. The molecule has 1 aliphatic rings. The summed E-state index contributed by atoms with van der Waals surface area (Å²) in [5.74, 6) is 0. The molecule has 0 saturated heterocycles. The lowest BCUT2D eigenvalue weighted by atomic mass is 10.1. The van der Waals surface area contributed by atoms with E-state index in [1.807, 2.05) is 6.07 Å². The Kier molecular flexibility index (Phi) is 3.23. The molecule has 19 heavy (non-hydrogen) atoms. The van der Waals surface area contributed by atoms with Gasteiger partial charge in [0.15, 0.2) is 0 Å². The Hall–Kier alpha value is -1.48. The quantitative estimate of drug-likeness (QED) is 0.804. The Morgan fingerprint density at radius 1 is 1.21 bits per heavy atom. The molecule has 0 amide bonds. The Labute approximate surface area is 122 Å². The number of fused-ring (bicyclic) bond motifs is 1. The molecule has 1 aliphatic carbocycles. The van der Waals surface area contributed by atoms with Gasteiger partial charge in [-0.25, -0.2) is 0 Å². The maximum Gasteiger partial charge on any atom is 0.0519 e. The first-order chi connectivity index (χ1) is 9.13. The molecule has 0 aromatic heterocycles. The lowest BCUT2D eigenvalue weighted by Gasteiger charge is -2.16. The summed E-state index contributed by atoms with van der Waals surface area (Å²) in [7, 11) is 0. The lowest BCUT2D eigenvalue weighted by molar-refractivity contribution is 0.762. The SMILES string of the molecule is Cc1ccc(NC2CCc3cc(N)ccc32)cc1Br. The fourth-order valence-electron chi connectivity index (χ4n) is 2.67. The third-order valence-electron chi connectivity index (χ3n) is 3.76. The molecule has 0 radical (unpaired) electrons. The number of nitrogens with one attached hydrogen (secondary N) is 1. The lowest BCUT2D eigenvalue weighted by Crippen LogP contribution is -2.07. The van der Waals surface area contributed by atoms with Gasteiger partial charge in [0.25, 0.3) is 0 Å². The van der Waals surface area contributed by atoms with Gasteiger partial charge in [-0.3, -0.25) is 0 Å². The van der Waals surface area contributed by atoms with Gasteiger partial charge in [0.2, 0.25) is 0 Å². The van der Waals surface area contributed by atoms with Gasteiger partial charge in [-0.1, -0.05) is 28.1 Å². The van der Waals surface area contributed by atoms with Crippen molar-refractivity contribution in [1.29, 1.82) is 0 Å². The topological polar surface area (TPSA) is 38.0 Å². The highest BCUT2D eigenvalue weighted by Gasteiger charge is 2.22. The van der Waals surface area contributed by atoms with Crippen molar-refractivity contribution >= 4 is 27.3 Å². The maximum atomic E-state index is 5.84. The Morgan fingerprint density at radius 2 is 2.05 bits per heavy atom. The average molecular weight is 317 g/mol. The summed E-state index contributed by atoms with van der Waals surface area (Å²) in [6, 6.07) is 13.0. The minimum atomic E-state index is 0.394. The van der Waals surface area contributed by atoms with Crippen LogP contribution in [0.2, 0.25) is 0 Å². The van der Waals surface area contributed by atoms with Crippen LogP contribution >= 0.6 is 15.9 Å².